The molecule has 1 heterocycles. The van der Waals surface area contributed by atoms with Crippen molar-refractivity contribution in [1.29, 1.82) is 0 Å². The van der Waals surface area contributed by atoms with Crippen LogP contribution in [-0.4, -0.2) is 48.9 Å². The number of rotatable bonds is 4. The Morgan fingerprint density at radius 3 is 2.60 bits per heavy atom. The number of carbonyl (C=O) groups is 1. The molecule has 0 spiro atoms. The van der Waals surface area contributed by atoms with E-state index in [4.69, 9.17) is 5.73 Å². The van der Waals surface area contributed by atoms with Crippen LogP contribution < -0.4 is 5.73 Å². The van der Waals surface area contributed by atoms with Crippen LogP contribution in [0.15, 0.2) is 0 Å². The van der Waals surface area contributed by atoms with Crippen molar-refractivity contribution in [1.82, 2.24) is 4.90 Å². The summed E-state index contributed by atoms with van der Waals surface area (Å²) in [7, 11) is -3.09. The van der Waals surface area contributed by atoms with Crippen molar-refractivity contribution in [2.24, 2.45) is 11.7 Å². The van der Waals surface area contributed by atoms with Crippen LogP contribution in [0, 0.1) is 5.92 Å². The van der Waals surface area contributed by atoms with E-state index in [1.165, 1.54) is 0 Å². The van der Waals surface area contributed by atoms with Gasteiger partial charge in [0.25, 0.3) is 0 Å². The van der Waals surface area contributed by atoms with E-state index in [2.05, 4.69) is 0 Å². The molecule has 1 saturated carbocycles. The first kappa shape index (κ1) is 15.8. The predicted molar refractivity (Wildman–Crippen MR) is 79.0 cm³/mol. The summed E-state index contributed by atoms with van der Waals surface area (Å²) >= 11 is 0. The summed E-state index contributed by atoms with van der Waals surface area (Å²) in [5, 5.41) is -0.365. The molecule has 2 fully saturated rings. The third-order valence-corrected chi connectivity index (χ3v) is 6.99. The van der Waals surface area contributed by atoms with E-state index in [1.54, 1.807) is 13.8 Å². The predicted octanol–water partition coefficient (Wildman–Crippen LogP) is 0.928. The van der Waals surface area contributed by atoms with E-state index in [0.29, 0.717) is 12.8 Å². The molecule has 1 amide bonds. The first-order chi connectivity index (χ1) is 9.31. The lowest BCUT2D eigenvalue weighted by molar-refractivity contribution is -0.131. The molecular formula is C14H26N2O3S. The molecule has 1 aliphatic carbocycles. The average Bonchev–Trinajstić information content (AvgIpc) is 2.75. The van der Waals surface area contributed by atoms with Gasteiger partial charge in [0.2, 0.25) is 5.91 Å². The standard InChI is InChI=1S/C14H26N2O3S/c1-10(2)20(18,19)9-11-8-12(15)5-6-13(11)16-7-3-4-14(16)17/h10-13H,3-9,15H2,1-2H3/t11-,12+,13-/m0/s1. The van der Waals surface area contributed by atoms with Crippen molar-refractivity contribution in [3.8, 4) is 0 Å². The summed E-state index contributed by atoms with van der Waals surface area (Å²) < 4.78 is 24.4. The minimum Gasteiger partial charge on any atom is -0.339 e. The van der Waals surface area contributed by atoms with E-state index < -0.39 is 9.84 Å². The first-order valence-electron chi connectivity index (χ1n) is 7.58. The Bertz CT molecular complexity index is 461. The molecular weight excluding hydrogens is 276 g/mol. The molecule has 0 aromatic heterocycles. The number of hydrogen-bond donors (Lipinski definition) is 1. The molecule has 2 rings (SSSR count). The lowest BCUT2D eigenvalue weighted by atomic mass is 9.82. The highest BCUT2D eigenvalue weighted by atomic mass is 32.2. The van der Waals surface area contributed by atoms with E-state index in [0.717, 1.165) is 25.8 Å². The zero-order chi connectivity index (χ0) is 14.9. The molecule has 2 N–H and O–H groups in total. The van der Waals surface area contributed by atoms with Crippen LogP contribution in [0.25, 0.3) is 0 Å². The maximum absolute atomic E-state index is 12.2. The van der Waals surface area contributed by atoms with Gasteiger partial charge in [0.15, 0.2) is 9.84 Å². The van der Waals surface area contributed by atoms with Crippen molar-refractivity contribution >= 4 is 15.7 Å². The van der Waals surface area contributed by atoms with Crippen molar-refractivity contribution in [3.63, 3.8) is 0 Å². The Balaban J connectivity index is 2.14. The molecule has 1 aliphatic heterocycles. The summed E-state index contributed by atoms with van der Waals surface area (Å²) in [6, 6.07) is 0.134. The highest BCUT2D eigenvalue weighted by Gasteiger charge is 2.39. The van der Waals surface area contributed by atoms with Gasteiger partial charge in [-0.25, -0.2) is 8.42 Å². The molecule has 0 bridgehead atoms. The molecule has 5 nitrogen and oxygen atoms in total. The zero-order valence-corrected chi connectivity index (χ0v) is 13.2. The SMILES string of the molecule is CC(C)S(=O)(=O)C[C@@H]1C[C@H](N)CC[C@@H]1N1CCCC1=O. The summed E-state index contributed by atoms with van der Waals surface area (Å²) in [6.07, 6.45) is 3.93. The van der Waals surface area contributed by atoms with Gasteiger partial charge in [-0.05, 0) is 45.4 Å². The number of sulfone groups is 1. The fraction of sp³-hybridized carbons (Fsp3) is 0.929. The summed E-state index contributed by atoms with van der Waals surface area (Å²) in [5.41, 5.74) is 6.02. The molecule has 0 unspecified atom stereocenters. The number of amides is 1. The zero-order valence-electron chi connectivity index (χ0n) is 12.4. The molecule has 0 aromatic rings. The summed E-state index contributed by atoms with van der Waals surface area (Å²) in [4.78, 5) is 13.9. The van der Waals surface area contributed by atoms with Crippen molar-refractivity contribution in [2.45, 2.75) is 63.3 Å². The van der Waals surface area contributed by atoms with Crippen LogP contribution in [-0.2, 0) is 14.6 Å². The Morgan fingerprint density at radius 2 is 2.05 bits per heavy atom. The molecule has 20 heavy (non-hydrogen) atoms. The van der Waals surface area contributed by atoms with E-state index >= 15 is 0 Å². The van der Waals surface area contributed by atoms with Crippen LogP contribution >= 0.6 is 0 Å². The molecule has 2 aliphatic rings. The van der Waals surface area contributed by atoms with Gasteiger partial charge in [-0.1, -0.05) is 0 Å². The Morgan fingerprint density at radius 1 is 1.35 bits per heavy atom. The monoisotopic (exact) mass is 302 g/mol. The lowest BCUT2D eigenvalue weighted by Gasteiger charge is -2.40. The topological polar surface area (TPSA) is 80.5 Å². The van der Waals surface area contributed by atoms with Gasteiger partial charge >= 0.3 is 0 Å². The molecule has 3 atom stereocenters. The summed E-state index contributed by atoms with van der Waals surface area (Å²) in [6.45, 7) is 4.21. The van der Waals surface area contributed by atoms with E-state index in [9.17, 15) is 13.2 Å². The van der Waals surface area contributed by atoms with Gasteiger partial charge in [-0.2, -0.15) is 0 Å². The Labute approximate surface area is 121 Å². The van der Waals surface area contributed by atoms with Gasteiger partial charge in [-0.15, -0.1) is 0 Å². The van der Waals surface area contributed by atoms with Crippen LogP contribution in [0.5, 0.6) is 0 Å². The Hall–Kier alpha value is -0.620. The minimum absolute atomic E-state index is 0.00630. The number of nitrogens with zero attached hydrogens (tertiary/aromatic N) is 1. The molecule has 0 radical (unpaired) electrons. The maximum atomic E-state index is 12.2. The molecule has 0 aromatic carbocycles. The molecule has 6 heteroatoms. The second-order valence-electron chi connectivity index (χ2n) is 6.47. The van der Waals surface area contributed by atoms with E-state index in [1.807, 2.05) is 4.90 Å². The normalized spacial score (nSPS) is 32.1. The van der Waals surface area contributed by atoms with Gasteiger partial charge in [0, 0.05) is 25.0 Å². The quantitative estimate of drug-likeness (QED) is 0.837. The van der Waals surface area contributed by atoms with Crippen molar-refractivity contribution in [2.75, 3.05) is 12.3 Å². The van der Waals surface area contributed by atoms with Gasteiger partial charge in [0.05, 0.1) is 11.0 Å². The highest BCUT2D eigenvalue weighted by Crippen LogP contribution is 2.32. The van der Waals surface area contributed by atoms with Gasteiger partial charge < -0.3 is 10.6 Å². The summed E-state index contributed by atoms with van der Waals surface area (Å²) in [5.74, 6) is 0.331. The van der Waals surface area contributed by atoms with Crippen LogP contribution in [0.4, 0.5) is 0 Å². The fourth-order valence-electron chi connectivity index (χ4n) is 3.38. The number of carbonyl (C=O) groups excluding carboxylic acids is 1. The second kappa shape index (κ2) is 6.02. The van der Waals surface area contributed by atoms with Crippen LogP contribution in [0.3, 0.4) is 0 Å². The fourth-order valence-corrected chi connectivity index (χ4v) is 4.72. The van der Waals surface area contributed by atoms with Crippen LogP contribution in [0.2, 0.25) is 0 Å². The maximum Gasteiger partial charge on any atom is 0.222 e. The van der Waals surface area contributed by atoms with Gasteiger partial charge in [-0.3, -0.25) is 4.79 Å². The lowest BCUT2D eigenvalue weighted by Crippen LogP contribution is -2.49. The minimum atomic E-state index is -3.09. The average molecular weight is 302 g/mol. The first-order valence-corrected chi connectivity index (χ1v) is 9.29. The highest BCUT2D eigenvalue weighted by molar-refractivity contribution is 7.91. The number of hydrogen-bond acceptors (Lipinski definition) is 4. The van der Waals surface area contributed by atoms with Crippen molar-refractivity contribution < 1.29 is 13.2 Å². The molecule has 1 saturated heterocycles. The second-order valence-corrected chi connectivity index (χ2v) is 9.07. The van der Waals surface area contributed by atoms with Gasteiger partial charge in [0.1, 0.15) is 0 Å². The third kappa shape index (κ3) is 3.34. The number of likely N-dealkylation sites (tertiary alicyclic amines) is 1. The number of nitrogens with two attached hydrogens (primary N) is 1. The molecule has 116 valence electrons. The smallest absolute Gasteiger partial charge is 0.222 e. The van der Waals surface area contributed by atoms with Crippen molar-refractivity contribution in [3.05, 3.63) is 0 Å². The van der Waals surface area contributed by atoms with E-state index in [-0.39, 0.29) is 34.9 Å². The Kier molecular flexibility index (Phi) is 4.74. The largest absolute Gasteiger partial charge is 0.339 e. The third-order valence-electron chi connectivity index (χ3n) is 4.66. The van der Waals surface area contributed by atoms with Crippen LogP contribution in [0.1, 0.15) is 46.0 Å².